The van der Waals surface area contributed by atoms with Crippen molar-refractivity contribution in [3.63, 3.8) is 0 Å². The van der Waals surface area contributed by atoms with Crippen LogP contribution in [0.25, 0.3) is 0 Å². The quantitative estimate of drug-likeness (QED) is 0.644. The van der Waals surface area contributed by atoms with E-state index in [9.17, 15) is 14.0 Å². The van der Waals surface area contributed by atoms with Crippen molar-refractivity contribution in [1.29, 1.82) is 0 Å². The van der Waals surface area contributed by atoms with Crippen LogP contribution >= 0.6 is 0 Å². The van der Waals surface area contributed by atoms with Gasteiger partial charge in [0.15, 0.2) is 11.6 Å². The van der Waals surface area contributed by atoms with Gasteiger partial charge in [-0.25, -0.2) is 9.18 Å². The Morgan fingerprint density at radius 1 is 1.29 bits per heavy atom. The Labute approximate surface area is 122 Å². The topological polar surface area (TPSA) is 87.7 Å². The molecular weight excluding hydrogens is 279 g/mol. The van der Waals surface area contributed by atoms with Crippen molar-refractivity contribution in [2.45, 2.75) is 25.7 Å². The molecule has 0 saturated carbocycles. The number of rotatable bonds is 8. The summed E-state index contributed by atoms with van der Waals surface area (Å²) in [4.78, 5) is 21.9. The molecule has 0 radical (unpaired) electrons. The number of benzene rings is 1. The fraction of sp³-hybridized carbons (Fsp3) is 0.429. The molecule has 0 aromatic heterocycles. The number of amides is 2. The van der Waals surface area contributed by atoms with Crippen LogP contribution in [0.2, 0.25) is 0 Å². The zero-order chi connectivity index (χ0) is 15.7. The summed E-state index contributed by atoms with van der Waals surface area (Å²) in [6.07, 6.45) is 2.17. The summed E-state index contributed by atoms with van der Waals surface area (Å²) in [7, 11) is 1.35. The van der Waals surface area contributed by atoms with Crippen LogP contribution in [0.15, 0.2) is 18.2 Å². The maximum Gasteiger partial charge on any atom is 0.319 e. The number of carboxylic acids is 1. The molecule has 3 N–H and O–H groups in total. The van der Waals surface area contributed by atoms with Gasteiger partial charge >= 0.3 is 12.0 Å². The SMILES string of the molecule is COc1cc(NC(=O)NCCCCCC(=O)O)ccc1F. The molecule has 7 heteroatoms. The first kappa shape index (κ1) is 16.7. The van der Waals surface area contributed by atoms with Crippen LogP contribution in [0.1, 0.15) is 25.7 Å². The van der Waals surface area contributed by atoms with Gasteiger partial charge in [0.05, 0.1) is 7.11 Å². The predicted molar refractivity (Wildman–Crippen MR) is 76.1 cm³/mol. The molecule has 0 heterocycles. The molecule has 1 aromatic carbocycles. The highest BCUT2D eigenvalue weighted by Gasteiger charge is 2.06. The average molecular weight is 298 g/mol. The second-order valence-electron chi connectivity index (χ2n) is 4.43. The van der Waals surface area contributed by atoms with Crippen LogP contribution in [-0.4, -0.2) is 30.8 Å². The molecule has 0 spiro atoms. The molecule has 1 aromatic rings. The summed E-state index contributed by atoms with van der Waals surface area (Å²) in [5.41, 5.74) is 0.427. The standard InChI is InChI=1S/C14H19FN2O4/c1-21-12-9-10(6-7-11(12)15)17-14(20)16-8-4-2-3-5-13(18)19/h6-7,9H,2-5,8H2,1H3,(H,18,19)(H2,16,17,20). The monoisotopic (exact) mass is 298 g/mol. The maximum absolute atomic E-state index is 13.2. The minimum atomic E-state index is -0.814. The van der Waals surface area contributed by atoms with Gasteiger partial charge in [-0.2, -0.15) is 0 Å². The van der Waals surface area contributed by atoms with Crippen LogP contribution in [0.5, 0.6) is 5.75 Å². The number of unbranched alkanes of at least 4 members (excludes halogenated alkanes) is 2. The lowest BCUT2D eigenvalue weighted by Gasteiger charge is -2.09. The Morgan fingerprint density at radius 3 is 2.71 bits per heavy atom. The van der Waals surface area contributed by atoms with Gasteiger partial charge in [-0.1, -0.05) is 6.42 Å². The number of methoxy groups -OCH3 is 1. The van der Waals surface area contributed by atoms with E-state index in [1.807, 2.05) is 0 Å². The van der Waals surface area contributed by atoms with Crippen molar-refractivity contribution in [2.24, 2.45) is 0 Å². The number of anilines is 1. The third-order valence-electron chi connectivity index (χ3n) is 2.76. The molecule has 0 saturated heterocycles. The van der Waals surface area contributed by atoms with E-state index >= 15 is 0 Å². The van der Waals surface area contributed by atoms with Gasteiger partial charge in [-0.15, -0.1) is 0 Å². The highest BCUT2D eigenvalue weighted by Crippen LogP contribution is 2.21. The second kappa shape index (κ2) is 8.78. The zero-order valence-electron chi connectivity index (χ0n) is 11.8. The molecular formula is C14H19FN2O4. The van der Waals surface area contributed by atoms with E-state index in [-0.39, 0.29) is 12.2 Å². The van der Waals surface area contributed by atoms with E-state index in [0.29, 0.717) is 25.1 Å². The average Bonchev–Trinajstić information content (AvgIpc) is 2.44. The predicted octanol–water partition coefficient (Wildman–Crippen LogP) is 2.60. The molecule has 0 bridgehead atoms. The van der Waals surface area contributed by atoms with Gasteiger partial charge in [0.1, 0.15) is 0 Å². The summed E-state index contributed by atoms with van der Waals surface area (Å²) in [6, 6.07) is 3.63. The summed E-state index contributed by atoms with van der Waals surface area (Å²) >= 11 is 0. The Balaban J connectivity index is 2.26. The Bertz CT molecular complexity index is 494. The van der Waals surface area contributed by atoms with Crippen LogP contribution in [0.3, 0.4) is 0 Å². The largest absolute Gasteiger partial charge is 0.494 e. The van der Waals surface area contributed by atoms with E-state index in [2.05, 4.69) is 10.6 Å². The number of hydrogen-bond donors (Lipinski definition) is 3. The molecule has 0 aliphatic heterocycles. The van der Waals surface area contributed by atoms with Crippen molar-refractivity contribution in [3.05, 3.63) is 24.0 Å². The van der Waals surface area contributed by atoms with E-state index in [0.717, 1.165) is 6.42 Å². The molecule has 6 nitrogen and oxygen atoms in total. The van der Waals surface area contributed by atoms with Crippen LogP contribution in [-0.2, 0) is 4.79 Å². The van der Waals surface area contributed by atoms with Gasteiger partial charge in [0.25, 0.3) is 0 Å². The van der Waals surface area contributed by atoms with Gasteiger partial charge < -0.3 is 20.5 Å². The lowest BCUT2D eigenvalue weighted by atomic mass is 10.2. The maximum atomic E-state index is 13.2. The fourth-order valence-electron chi connectivity index (χ4n) is 1.69. The number of carbonyl (C=O) groups excluding carboxylic acids is 1. The first-order chi connectivity index (χ1) is 10.0. The van der Waals surface area contributed by atoms with E-state index < -0.39 is 17.8 Å². The first-order valence-corrected chi connectivity index (χ1v) is 6.63. The minimum Gasteiger partial charge on any atom is -0.494 e. The molecule has 0 atom stereocenters. The number of nitrogens with one attached hydrogen (secondary N) is 2. The molecule has 116 valence electrons. The minimum absolute atomic E-state index is 0.0569. The van der Waals surface area contributed by atoms with Crippen LogP contribution < -0.4 is 15.4 Å². The van der Waals surface area contributed by atoms with Gasteiger partial charge in [-0.3, -0.25) is 4.79 Å². The Morgan fingerprint density at radius 2 is 2.05 bits per heavy atom. The van der Waals surface area contributed by atoms with Crippen molar-refractivity contribution in [3.8, 4) is 5.75 Å². The molecule has 0 aliphatic rings. The molecule has 2 amide bonds. The Kier molecular flexibility index (Phi) is 7.00. The van der Waals surface area contributed by atoms with Crippen LogP contribution in [0, 0.1) is 5.82 Å². The Hall–Kier alpha value is -2.31. The number of urea groups is 1. The lowest BCUT2D eigenvalue weighted by Crippen LogP contribution is -2.29. The molecule has 0 fully saturated rings. The van der Waals surface area contributed by atoms with Crippen molar-refractivity contribution in [1.82, 2.24) is 5.32 Å². The number of carbonyl (C=O) groups is 2. The number of aliphatic carboxylic acids is 1. The van der Waals surface area contributed by atoms with E-state index in [1.54, 1.807) is 0 Å². The fourth-order valence-corrected chi connectivity index (χ4v) is 1.69. The third-order valence-corrected chi connectivity index (χ3v) is 2.76. The first-order valence-electron chi connectivity index (χ1n) is 6.63. The molecule has 0 unspecified atom stereocenters. The third kappa shape index (κ3) is 6.60. The van der Waals surface area contributed by atoms with Crippen molar-refractivity contribution >= 4 is 17.7 Å². The van der Waals surface area contributed by atoms with E-state index in [1.165, 1.54) is 25.3 Å². The summed E-state index contributed by atoms with van der Waals surface area (Å²) in [5.74, 6) is -1.26. The number of hydrogen-bond acceptors (Lipinski definition) is 3. The molecule has 21 heavy (non-hydrogen) atoms. The van der Waals surface area contributed by atoms with Gasteiger partial charge in [0, 0.05) is 24.7 Å². The van der Waals surface area contributed by atoms with Crippen molar-refractivity contribution < 1.29 is 23.8 Å². The number of ether oxygens (including phenoxy) is 1. The van der Waals surface area contributed by atoms with Crippen LogP contribution in [0.4, 0.5) is 14.9 Å². The molecule has 0 aliphatic carbocycles. The summed E-state index contributed by atoms with van der Waals surface area (Å²) in [6.45, 7) is 0.448. The van der Waals surface area contributed by atoms with E-state index in [4.69, 9.17) is 9.84 Å². The smallest absolute Gasteiger partial charge is 0.319 e. The lowest BCUT2D eigenvalue weighted by molar-refractivity contribution is -0.137. The number of carboxylic acid groups (broad SMARTS) is 1. The van der Waals surface area contributed by atoms with Gasteiger partial charge in [-0.05, 0) is 25.0 Å². The highest BCUT2D eigenvalue weighted by molar-refractivity contribution is 5.89. The summed E-state index contributed by atoms with van der Waals surface area (Å²) < 4.78 is 18.0. The van der Waals surface area contributed by atoms with Crippen molar-refractivity contribution in [2.75, 3.05) is 19.0 Å². The molecule has 1 rings (SSSR count). The normalized spacial score (nSPS) is 10.0. The summed E-state index contributed by atoms with van der Waals surface area (Å²) in [5, 5.41) is 13.7. The second-order valence-corrected chi connectivity index (χ2v) is 4.43. The highest BCUT2D eigenvalue weighted by atomic mass is 19.1. The number of halogens is 1. The zero-order valence-corrected chi connectivity index (χ0v) is 11.8. The van der Waals surface area contributed by atoms with Gasteiger partial charge in [0.2, 0.25) is 0 Å².